The third-order valence-corrected chi connectivity index (χ3v) is 2.17. The molecule has 0 unspecified atom stereocenters. The Morgan fingerprint density at radius 3 is 2.50 bits per heavy atom. The molecular formula is C11H13ClO2. The van der Waals surface area contributed by atoms with Gasteiger partial charge in [0.05, 0.1) is 5.02 Å². The highest BCUT2D eigenvalue weighted by Gasteiger charge is 2.06. The van der Waals surface area contributed by atoms with Gasteiger partial charge in [0.2, 0.25) is 0 Å². The number of rotatable bonds is 2. The summed E-state index contributed by atoms with van der Waals surface area (Å²) in [5, 5.41) is 0.478. The van der Waals surface area contributed by atoms with Crippen molar-refractivity contribution >= 4 is 17.6 Å². The Morgan fingerprint density at radius 1 is 1.43 bits per heavy atom. The summed E-state index contributed by atoms with van der Waals surface area (Å²) in [6.07, 6.45) is 0. The number of carbonyl (C=O) groups excluding carboxylic acids is 1. The zero-order chi connectivity index (χ0) is 10.7. The summed E-state index contributed by atoms with van der Waals surface area (Å²) in [5.74, 6) is 0.478. The molecule has 0 spiro atoms. The van der Waals surface area contributed by atoms with Crippen LogP contribution in [0.4, 0.5) is 0 Å². The maximum atomic E-state index is 10.7. The van der Waals surface area contributed by atoms with Crippen molar-refractivity contribution in [2.75, 3.05) is 0 Å². The summed E-state index contributed by atoms with van der Waals surface area (Å²) in [4.78, 5) is 10.7. The molecule has 1 aromatic rings. The Balaban J connectivity index is 2.95. The van der Waals surface area contributed by atoms with E-state index in [1.165, 1.54) is 6.92 Å². The molecule has 0 fully saturated rings. The summed E-state index contributed by atoms with van der Waals surface area (Å²) in [6, 6.07) is 5.46. The molecule has 0 aliphatic carbocycles. The number of halogens is 1. The van der Waals surface area contributed by atoms with Gasteiger partial charge >= 0.3 is 5.97 Å². The minimum atomic E-state index is -0.357. The summed E-state index contributed by atoms with van der Waals surface area (Å²) < 4.78 is 4.91. The van der Waals surface area contributed by atoms with Gasteiger partial charge < -0.3 is 4.74 Å². The van der Waals surface area contributed by atoms with Crippen molar-refractivity contribution in [1.29, 1.82) is 0 Å². The molecule has 3 heteroatoms. The van der Waals surface area contributed by atoms with Crippen LogP contribution in [0.25, 0.3) is 0 Å². The van der Waals surface area contributed by atoms with Crippen LogP contribution in [0.15, 0.2) is 18.2 Å². The first kappa shape index (κ1) is 11.1. The Kier molecular flexibility index (Phi) is 3.53. The van der Waals surface area contributed by atoms with E-state index in [0.29, 0.717) is 16.7 Å². The largest absolute Gasteiger partial charge is 0.425 e. The zero-order valence-corrected chi connectivity index (χ0v) is 9.26. The van der Waals surface area contributed by atoms with Gasteiger partial charge in [-0.2, -0.15) is 0 Å². The van der Waals surface area contributed by atoms with Crippen LogP contribution in [0.1, 0.15) is 32.3 Å². The predicted octanol–water partition coefficient (Wildman–Crippen LogP) is 3.39. The Morgan fingerprint density at radius 2 is 2.07 bits per heavy atom. The highest BCUT2D eigenvalue weighted by atomic mass is 35.5. The molecule has 0 heterocycles. The molecule has 0 saturated carbocycles. The van der Waals surface area contributed by atoms with E-state index in [1.54, 1.807) is 6.07 Å². The Bertz CT molecular complexity index is 345. The number of carbonyl (C=O) groups is 1. The fourth-order valence-electron chi connectivity index (χ4n) is 1.11. The maximum Gasteiger partial charge on any atom is 0.308 e. The van der Waals surface area contributed by atoms with Crippen molar-refractivity contribution in [3.05, 3.63) is 28.8 Å². The summed E-state index contributed by atoms with van der Waals surface area (Å²) in [7, 11) is 0. The lowest BCUT2D eigenvalue weighted by Gasteiger charge is -2.08. The highest BCUT2D eigenvalue weighted by molar-refractivity contribution is 6.32. The van der Waals surface area contributed by atoms with E-state index >= 15 is 0 Å². The number of hydrogen-bond donors (Lipinski definition) is 0. The summed E-state index contributed by atoms with van der Waals surface area (Å²) >= 11 is 5.94. The van der Waals surface area contributed by atoms with E-state index in [1.807, 2.05) is 12.1 Å². The minimum Gasteiger partial charge on any atom is -0.425 e. The molecule has 1 rings (SSSR count). The third-order valence-electron chi connectivity index (χ3n) is 1.88. The lowest BCUT2D eigenvalue weighted by Crippen LogP contribution is -2.02. The minimum absolute atomic E-state index is 0.357. The van der Waals surface area contributed by atoms with Crippen LogP contribution in [0.5, 0.6) is 5.75 Å². The Labute approximate surface area is 88.8 Å². The van der Waals surface area contributed by atoms with Gasteiger partial charge in [-0.15, -0.1) is 0 Å². The molecule has 0 bridgehead atoms. The molecule has 0 N–H and O–H groups in total. The molecule has 76 valence electrons. The van der Waals surface area contributed by atoms with Crippen LogP contribution >= 0.6 is 11.6 Å². The van der Waals surface area contributed by atoms with E-state index in [9.17, 15) is 4.79 Å². The van der Waals surface area contributed by atoms with Crippen LogP contribution in [0, 0.1) is 0 Å². The standard InChI is InChI=1S/C11H13ClO2/c1-7(2)9-4-5-11(10(12)6-9)14-8(3)13/h4-7H,1-3H3. The average molecular weight is 213 g/mol. The van der Waals surface area contributed by atoms with Crippen molar-refractivity contribution in [3.8, 4) is 5.75 Å². The van der Waals surface area contributed by atoms with Gasteiger partial charge in [-0.3, -0.25) is 4.79 Å². The fourth-order valence-corrected chi connectivity index (χ4v) is 1.34. The number of hydrogen-bond acceptors (Lipinski definition) is 2. The van der Waals surface area contributed by atoms with Crippen molar-refractivity contribution in [2.24, 2.45) is 0 Å². The first-order valence-corrected chi connectivity index (χ1v) is 4.86. The van der Waals surface area contributed by atoms with Crippen LogP contribution in [-0.4, -0.2) is 5.97 Å². The predicted molar refractivity (Wildman–Crippen MR) is 56.9 cm³/mol. The lowest BCUT2D eigenvalue weighted by molar-refractivity contribution is -0.131. The molecule has 0 atom stereocenters. The van der Waals surface area contributed by atoms with Gasteiger partial charge in [0, 0.05) is 6.92 Å². The smallest absolute Gasteiger partial charge is 0.308 e. The second kappa shape index (κ2) is 4.47. The van der Waals surface area contributed by atoms with E-state index in [0.717, 1.165) is 5.56 Å². The first-order valence-electron chi connectivity index (χ1n) is 4.48. The van der Waals surface area contributed by atoms with Crippen molar-refractivity contribution < 1.29 is 9.53 Å². The van der Waals surface area contributed by atoms with E-state index in [4.69, 9.17) is 16.3 Å². The summed E-state index contributed by atoms with van der Waals surface area (Å²) in [5.41, 5.74) is 1.13. The third kappa shape index (κ3) is 2.74. The van der Waals surface area contributed by atoms with Crippen molar-refractivity contribution in [1.82, 2.24) is 0 Å². The SMILES string of the molecule is CC(=O)Oc1ccc(C(C)C)cc1Cl. The topological polar surface area (TPSA) is 26.3 Å². The second-order valence-corrected chi connectivity index (χ2v) is 3.85. The first-order chi connectivity index (χ1) is 6.50. The van der Waals surface area contributed by atoms with Crippen molar-refractivity contribution in [3.63, 3.8) is 0 Å². The zero-order valence-electron chi connectivity index (χ0n) is 8.50. The molecule has 2 nitrogen and oxygen atoms in total. The molecular weight excluding hydrogens is 200 g/mol. The molecule has 0 saturated heterocycles. The highest BCUT2D eigenvalue weighted by Crippen LogP contribution is 2.28. The van der Waals surface area contributed by atoms with Gasteiger partial charge in [-0.25, -0.2) is 0 Å². The van der Waals surface area contributed by atoms with Gasteiger partial charge in [-0.1, -0.05) is 31.5 Å². The van der Waals surface area contributed by atoms with Gasteiger partial charge in [0.1, 0.15) is 5.75 Å². The van der Waals surface area contributed by atoms with Crippen LogP contribution < -0.4 is 4.74 Å². The molecule has 0 aromatic heterocycles. The molecule has 0 radical (unpaired) electrons. The van der Waals surface area contributed by atoms with Gasteiger partial charge in [-0.05, 0) is 23.6 Å². The van der Waals surface area contributed by atoms with Crippen LogP contribution in [0.2, 0.25) is 5.02 Å². The quantitative estimate of drug-likeness (QED) is 0.555. The molecule has 1 aromatic carbocycles. The monoisotopic (exact) mass is 212 g/mol. The van der Waals surface area contributed by atoms with Crippen LogP contribution in [-0.2, 0) is 4.79 Å². The normalized spacial score (nSPS) is 10.4. The molecule has 0 amide bonds. The molecule has 0 aliphatic rings. The maximum absolute atomic E-state index is 10.7. The lowest BCUT2D eigenvalue weighted by atomic mass is 10.0. The van der Waals surface area contributed by atoms with Crippen molar-refractivity contribution in [2.45, 2.75) is 26.7 Å². The van der Waals surface area contributed by atoms with Gasteiger partial charge in [0.15, 0.2) is 0 Å². The second-order valence-electron chi connectivity index (χ2n) is 3.44. The average Bonchev–Trinajstić information content (AvgIpc) is 2.07. The van der Waals surface area contributed by atoms with E-state index in [-0.39, 0.29) is 5.97 Å². The fraction of sp³-hybridized carbons (Fsp3) is 0.364. The van der Waals surface area contributed by atoms with E-state index in [2.05, 4.69) is 13.8 Å². The molecule has 14 heavy (non-hydrogen) atoms. The number of benzene rings is 1. The van der Waals surface area contributed by atoms with E-state index < -0.39 is 0 Å². The summed E-state index contributed by atoms with van der Waals surface area (Å²) in [6.45, 7) is 5.51. The Hall–Kier alpha value is -1.02. The van der Waals surface area contributed by atoms with Gasteiger partial charge in [0.25, 0.3) is 0 Å². The number of ether oxygens (including phenoxy) is 1. The number of esters is 1. The van der Waals surface area contributed by atoms with Crippen LogP contribution in [0.3, 0.4) is 0 Å². The molecule has 0 aliphatic heterocycles.